The molecular formula is C11H10N2. The van der Waals surface area contributed by atoms with Gasteiger partial charge in [0, 0.05) is 24.2 Å². The second-order valence-corrected chi connectivity index (χ2v) is 3.42. The third kappa shape index (κ3) is 1.19. The molecule has 0 saturated carbocycles. The first-order valence-electron chi connectivity index (χ1n) is 4.51. The molecule has 0 unspecified atom stereocenters. The highest BCUT2D eigenvalue weighted by molar-refractivity contribution is 5.79. The molecule has 64 valence electrons. The Balaban J connectivity index is 2.21. The Kier molecular flexibility index (Phi) is 1.37. The van der Waals surface area contributed by atoms with E-state index in [1.807, 2.05) is 12.3 Å². The summed E-state index contributed by atoms with van der Waals surface area (Å²) in [7, 11) is 0. The van der Waals surface area contributed by atoms with Gasteiger partial charge in [-0.05, 0) is 17.7 Å². The van der Waals surface area contributed by atoms with E-state index in [0.29, 0.717) is 6.04 Å². The van der Waals surface area contributed by atoms with Gasteiger partial charge in [0.25, 0.3) is 0 Å². The lowest BCUT2D eigenvalue weighted by molar-refractivity contribution is 1.08. The SMILES string of the molecule is c1cnc2cc([C@H]3CN3)ccc2c1. The fourth-order valence-electron chi connectivity index (χ4n) is 1.59. The van der Waals surface area contributed by atoms with Gasteiger partial charge in [0.05, 0.1) is 5.52 Å². The largest absolute Gasteiger partial charge is 0.307 e. The Hall–Kier alpha value is -1.41. The van der Waals surface area contributed by atoms with Crippen molar-refractivity contribution in [3.63, 3.8) is 0 Å². The monoisotopic (exact) mass is 170 g/mol. The van der Waals surface area contributed by atoms with Crippen molar-refractivity contribution >= 4 is 10.9 Å². The van der Waals surface area contributed by atoms with Crippen molar-refractivity contribution in [2.45, 2.75) is 6.04 Å². The molecule has 2 heterocycles. The quantitative estimate of drug-likeness (QED) is 0.663. The molecule has 1 aliphatic heterocycles. The lowest BCUT2D eigenvalue weighted by Crippen LogP contribution is -1.85. The Bertz CT molecular complexity index is 447. The average molecular weight is 170 g/mol. The summed E-state index contributed by atoms with van der Waals surface area (Å²) in [6, 6.07) is 11.1. The molecule has 3 rings (SSSR count). The predicted octanol–water partition coefficient (Wildman–Crippen LogP) is 1.88. The van der Waals surface area contributed by atoms with E-state index >= 15 is 0 Å². The van der Waals surface area contributed by atoms with Gasteiger partial charge in [0.15, 0.2) is 0 Å². The average Bonchev–Trinajstić information content (AvgIpc) is 3.00. The smallest absolute Gasteiger partial charge is 0.0705 e. The molecule has 2 nitrogen and oxygen atoms in total. The molecule has 0 amide bonds. The highest BCUT2D eigenvalue weighted by atomic mass is 15.1. The summed E-state index contributed by atoms with van der Waals surface area (Å²) in [5, 5.41) is 4.50. The van der Waals surface area contributed by atoms with Crippen LogP contribution >= 0.6 is 0 Å². The van der Waals surface area contributed by atoms with Crippen LogP contribution in [-0.4, -0.2) is 11.5 Å². The molecule has 1 atom stereocenters. The van der Waals surface area contributed by atoms with Crippen LogP contribution in [0.3, 0.4) is 0 Å². The van der Waals surface area contributed by atoms with E-state index in [1.165, 1.54) is 10.9 Å². The summed E-state index contributed by atoms with van der Waals surface area (Å²) >= 11 is 0. The fourth-order valence-corrected chi connectivity index (χ4v) is 1.59. The summed E-state index contributed by atoms with van der Waals surface area (Å²) in [5.41, 5.74) is 2.44. The van der Waals surface area contributed by atoms with Gasteiger partial charge >= 0.3 is 0 Å². The second-order valence-electron chi connectivity index (χ2n) is 3.42. The third-order valence-electron chi connectivity index (χ3n) is 2.44. The van der Waals surface area contributed by atoms with E-state index < -0.39 is 0 Å². The van der Waals surface area contributed by atoms with Gasteiger partial charge in [-0.25, -0.2) is 0 Å². The van der Waals surface area contributed by atoms with Crippen LogP contribution in [0.25, 0.3) is 10.9 Å². The first kappa shape index (κ1) is 7.04. The zero-order valence-electron chi connectivity index (χ0n) is 7.20. The number of nitrogens with zero attached hydrogens (tertiary/aromatic N) is 1. The molecule has 0 bridgehead atoms. The van der Waals surface area contributed by atoms with E-state index in [9.17, 15) is 0 Å². The zero-order valence-corrected chi connectivity index (χ0v) is 7.20. The standard InChI is InChI=1S/C11H10N2/c1-2-8-3-4-9(11-7-13-11)6-10(8)12-5-1/h1-6,11,13H,7H2/t11-/m1/s1. The molecule has 1 fully saturated rings. The van der Waals surface area contributed by atoms with Crippen molar-refractivity contribution in [1.82, 2.24) is 10.3 Å². The zero-order chi connectivity index (χ0) is 8.67. The van der Waals surface area contributed by atoms with Crippen LogP contribution in [0, 0.1) is 0 Å². The Morgan fingerprint density at radius 1 is 1.31 bits per heavy atom. The lowest BCUT2D eigenvalue weighted by atomic mass is 10.1. The van der Waals surface area contributed by atoms with E-state index in [4.69, 9.17) is 0 Å². The van der Waals surface area contributed by atoms with E-state index in [2.05, 4.69) is 34.6 Å². The molecule has 1 N–H and O–H groups in total. The topological polar surface area (TPSA) is 34.8 Å². The number of hydrogen-bond donors (Lipinski definition) is 1. The molecule has 0 aliphatic carbocycles. The summed E-state index contributed by atoms with van der Waals surface area (Å²) in [4.78, 5) is 4.32. The maximum Gasteiger partial charge on any atom is 0.0705 e. The third-order valence-corrected chi connectivity index (χ3v) is 2.44. The van der Waals surface area contributed by atoms with Crippen LogP contribution in [0.2, 0.25) is 0 Å². The number of fused-ring (bicyclic) bond motifs is 1. The minimum Gasteiger partial charge on any atom is -0.307 e. The Morgan fingerprint density at radius 2 is 2.23 bits per heavy atom. The molecule has 1 aromatic carbocycles. The Morgan fingerprint density at radius 3 is 3.08 bits per heavy atom. The maximum atomic E-state index is 4.32. The minimum atomic E-state index is 0.575. The molecule has 1 aromatic heterocycles. The summed E-state index contributed by atoms with van der Waals surface area (Å²) in [5.74, 6) is 0. The molecule has 2 aromatic rings. The number of rotatable bonds is 1. The normalized spacial score (nSPS) is 20.5. The van der Waals surface area contributed by atoms with Crippen molar-refractivity contribution in [2.75, 3.05) is 6.54 Å². The molecule has 2 heteroatoms. The minimum absolute atomic E-state index is 0.575. The van der Waals surface area contributed by atoms with Crippen LogP contribution in [0.5, 0.6) is 0 Å². The van der Waals surface area contributed by atoms with E-state index in [1.54, 1.807) is 0 Å². The van der Waals surface area contributed by atoms with Crippen LogP contribution < -0.4 is 5.32 Å². The molecule has 1 saturated heterocycles. The fraction of sp³-hybridized carbons (Fsp3) is 0.182. The van der Waals surface area contributed by atoms with Gasteiger partial charge in [-0.2, -0.15) is 0 Å². The molecule has 0 radical (unpaired) electrons. The van der Waals surface area contributed by atoms with Crippen molar-refractivity contribution in [1.29, 1.82) is 0 Å². The number of nitrogens with one attached hydrogen (secondary N) is 1. The van der Waals surface area contributed by atoms with Gasteiger partial charge in [-0.15, -0.1) is 0 Å². The van der Waals surface area contributed by atoms with E-state index in [0.717, 1.165) is 12.1 Å². The van der Waals surface area contributed by atoms with Crippen molar-refractivity contribution in [3.8, 4) is 0 Å². The summed E-state index contributed by atoms with van der Waals surface area (Å²) in [6.45, 7) is 1.11. The molecule has 13 heavy (non-hydrogen) atoms. The molecular weight excluding hydrogens is 160 g/mol. The van der Waals surface area contributed by atoms with Crippen molar-refractivity contribution < 1.29 is 0 Å². The number of pyridine rings is 1. The second kappa shape index (κ2) is 2.54. The molecule has 1 aliphatic rings. The maximum absolute atomic E-state index is 4.32. The first-order valence-corrected chi connectivity index (χ1v) is 4.51. The first-order chi connectivity index (χ1) is 6.43. The van der Waals surface area contributed by atoms with Gasteiger partial charge < -0.3 is 5.32 Å². The summed E-state index contributed by atoms with van der Waals surface area (Å²) in [6.07, 6.45) is 1.84. The van der Waals surface area contributed by atoms with Crippen LogP contribution in [0.1, 0.15) is 11.6 Å². The Labute approximate surface area is 76.6 Å². The van der Waals surface area contributed by atoms with Crippen LogP contribution in [-0.2, 0) is 0 Å². The highest BCUT2D eigenvalue weighted by Gasteiger charge is 2.21. The van der Waals surface area contributed by atoms with Gasteiger partial charge in [0.1, 0.15) is 0 Å². The van der Waals surface area contributed by atoms with Crippen LogP contribution in [0.4, 0.5) is 0 Å². The van der Waals surface area contributed by atoms with Gasteiger partial charge in [-0.1, -0.05) is 18.2 Å². The number of hydrogen-bond acceptors (Lipinski definition) is 2. The van der Waals surface area contributed by atoms with Gasteiger partial charge in [-0.3, -0.25) is 4.98 Å². The number of aromatic nitrogens is 1. The predicted molar refractivity (Wildman–Crippen MR) is 52.5 cm³/mol. The summed E-state index contributed by atoms with van der Waals surface area (Å²) < 4.78 is 0. The lowest BCUT2D eigenvalue weighted by Gasteiger charge is -1.99. The molecule has 0 spiro atoms. The highest BCUT2D eigenvalue weighted by Crippen LogP contribution is 2.24. The van der Waals surface area contributed by atoms with E-state index in [-0.39, 0.29) is 0 Å². The van der Waals surface area contributed by atoms with Crippen molar-refractivity contribution in [3.05, 3.63) is 42.1 Å². The van der Waals surface area contributed by atoms with Crippen LogP contribution in [0.15, 0.2) is 36.5 Å². The van der Waals surface area contributed by atoms with Gasteiger partial charge in [0.2, 0.25) is 0 Å². The van der Waals surface area contributed by atoms with Crippen molar-refractivity contribution in [2.24, 2.45) is 0 Å². The number of benzene rings is 1.